The number of nitrogens with zero attached hydrogens (tertiary/aromatic N) is 1. The zero-order valence-electron chi connectivity index (χ0n) is 11.0. The van der Waals surface area contributed by atoms with E-state index in [1.807, 2.05) is 25.3 Å². The van der Waals surface area contributed by atoms with E-state index in [4.69, 9.17) is 0 Å². The largest absolute Gasteiger partial charge is 0.279 e. The molecule has 0 unspecified atom stereocenters. The van der Waals surface area contributed by atoms with Crippen LogP contribution >= 0.6 is 22.7 Å². The first-order chi connectivity index (χ1) is 9.54. The maximum Gasteiger partial charge on any atom is 0.279 e. The summed E-state index contributed by atoms with van der Waals surface area (Å²) in [5, 5.41) is 2.79. The molecular weight excluding hydrogens is 294 g/mol. The van der Waals surface area contributed by atoms with Crippen molar-refractivity contribution in [3.63, 3.8) is 0 Å². The molecule has 104 valence electrons. The first kappa shape index (κ1) is 14.4. The lowest BCUT2D eigenvalue weighted by molar-refractivity contribution is -0.117. The van der Waals surface area contributed by atoms with E-state index < -0.39 is 5.91 Å². The van der Waals surface area contributed by atoms with Gasteiger partial charge in [-0.15, -0.1) is 22.7 Å². The van der Waals surface area contributed by atoms with Gasteiger partial charge in [0.15, 0.2) is 0 Å². The average Bonchev–Trinajstić information content (AvgIpc) is 3.02. The number of aryl methyl sites for hydroxylation is 2. The van der Waals surface area contributed by atoms with Gasteiger partial charge in [-0.2, -0.15) is 0 Å². The Morgan fingerprint density at radius 1 is 1.25 bits per heavy atom. The van der Waals surface area contributed by atoms with E-state index in [2.05, 4.69) is 15.8 Å². The maximum absolute atomic E-state index is 11.7. The van der Waals surface area contributed by atoms with Crippen molar-refractivity contribution in [2.45, 2.75) is 13.8 Å². The van der Waals surface area contributed by atoms with Gasteiger partial charge in [-0.3, -0.25) is 20.4 Å². The highest BCUT2D eigenvalue weighted by Gasteiger charge is 2.07. The van der Waals surface area contributed by atoms with E-state index in [1.165, 1.54) is 28.7 Å². The van der Waals surface area contributed by atoms with Crippen LogP contribution in [0.5, 0.6) is 0 Å². The molecule has 0 bridgehead atoms. The second-order valence-corrected chi connectivity index (χ2v) is 6.33. The highest BCUT2D eigenvalue weighted by atomic mass is 32.1. The number of carbonyl (C=O) groups is 2. The standard InChI is InChI=1S/C13H13N3O2S2/c1-8-3-5-11(20-8)13(18)16-15-12(17)6-4-10-7-19-9(2)14-10/h3-7H,1-2H3,(H,15,17)(H,16,18). The molecule has 0 saturated heterocycles. The lowest BCUT2D eigenvalue weighted by atomic mass is 10.4. The van der Waals surface area contributed by atoms with Crippen molar-refractivity contribution in [1.29, 1.82) is 0 Å². The number of hydrazine groups is 1. The van der Waals surface area contributed by atoms with E-state index in [0.717, 1.165) is 15.6 Å². The minimum Gasteiger partial charge on any atom is -0.268 e. The summed E-state index contributed by atoms with van der Waals surface area (Å²) in [7, 11) is 0. The first-order valence-electron chi connectivity index (χ1n) is 5.81. The Kier molecular flexibility index (Phi) is 4.65. The predicted molar refractivity (Wildman–Crippen MR) is 80.5 cm³/mol. The van der Waals surface area contributed by atoms with Crippen LogP contribution in [0.2, 0.25) is 0 Å². The summed E-state index contributed by atoms with van der Waals surface area (Å²) in [6.45, 7) is 3.81. The van der Waals surface area contributed by atoms with Crippen LogP contribution in [0.4, 0.5) is 0 Å². The maximum atomic E-state index is 11.7. The fraction of sp³-hybridized carbons (Fsp3) is 0.154. The summed E-state index contributed by atoms with van der Waals surface area (Å²) in [6.07, 6.45) is 2.93. The SMILES string of the molecule is Cc1ccc(C(=O)NNC(=O)C=Cc2csc(C)n2)s1. The molecule has 0 atom stereocenters. The summed E-state index contributed by atoms with van der Waals surface area (Å²) in [5.74, 6) is -0.730. The van der Waals surface area contributed by atoms with Gasteiger partial charge >= 0.3 is 0 Å². The highest BCUT2D eigenvalue weighted by molar-refractivity contribution is 7.13. The molecule has 0 spiro atoms. The lowest BCUT2D eigenvalue weighted by Crippen LogP contribution is -2.40. The Labute approximate surface area is 124 Å². The van der Waals surface area contributed by atoms with Gasteiger partial charge in [0.2, 0.25) is 0 Å². The summed E-state index contributed by atoms with van der Waals surface area (Å²) >= 11 is 2.88. The van der Waals surface area contributed by atoms with Crippen LogP contribution in [0.25, 0.3) is 6.08 Å². The molecule has 2 amide bonds. The molecule has 0 aromatic carbocycles. The van der Waals surface area contributed by atoms with Gasteiger partial charge in [-0.1, -0.05) is 0 Å². The minimum atomic E-state index is -0.405. The van der Waals surface area contributed by atoms with Gasteiger partial charge < -0.3 is 0 Å². The number of nitrogens with one attached hydrogen (secondary N) is 2. The third kappa shape index (κ3) is 4.01. The van der Waals surface area contributed by atoms with Crippen molar-refractivity contribution in [3.8, 4) is 0 Å². The smallest absolute Gasteiger partial charge is 0.268 e. The quantitative estimate of drug-likeness (QED) is 0.675. The van der Waals surface area contributed by atoms with Crippen LogP contribution in [0, 0.1) is 13.8 Å². The molecular formula is C13H13N3O2S2. The van der Waals surface area contributed by atoms with Crippen LogP contribution in [-0.4, -0.2) is 16.8 Å². The molecule has 2 heterocycles. The molecule has 2 rings (SSSR count). The monoisotopic (exact) mass is 307 g/mol. The fourth-order valence-corrected chi connectivity index (χ4v) is 2.74. The molecule has 7 heteroatoms. The average molecular weight is 307 g/mol. The van der Waals surface area contributed by atoms with Crippen molar-refractivity contribution < 1.29 is 9.59 Å². The molecule has 0 radical (unpaired) electrons. The third-order valence-corrected chi connectivity index (χ3v) is 4.10. The van der Waals surface area contributed by atoms with Crippen LogP contribution in [0.3, 0.4) is 0 Å². The van der Waals surface area contributed by atoms with Crippen LogP contribution < -0.4 is 10.9 Å². The number of aromatic nitrogens is 1. The van der Waals surface area contributed by atoms with Gasteiger partial charge in [-0.25, -0.2) is 4.98 Å². The molecule has 0 aliphatic rings. The van der Waals surface area contributed by atoms with E-state index in [0.29, 0.717) is 4.88 Å². The third-order valence-electron chi connectivity index (χ3n) is 2.31. The Hall–Kier alpha value is -1.99. The molecule has 20 heavy (non-hydrogen) atoms. The molecule has 5 nitrogen and oxygen atoms in total. The molecule has 2 aromatic rings. The predicted octanol–water partition coefficient (Wildman–Crippen LogP) is 2.30. The number of thiophene rings is 1. The number of hydrogen-bond acceptors (Lipinski definition) is 5. The second kappa shape index (κ2) is 6.44. The van der Waals surface area contributed by atoms with E-state index >= 15 is 0 Å². The Morgan fingerprint density at radius 2 is 2.05 bits per heavy atom. The summed E-state index contributed by atoms with van der Waals surface area (Å²) in [5.41, 5.74) is 5.41. The van der Waals surface area contributed by atoms with Crippen LogP contribution in [0.15, 0.2) is 23.6 Å². The molecule has 2 N–H and O–H groups in total. The van der Waals surface area contributed by atoms with Gasteiger partial charge in [0.1, 0.15) is 0 Å². The number of amides is 2. The van der Waals surface area contributed by atoms with E-state index in [1.54, 1.807) is 12.1 Å². The van der Waals surface area contributed by atoms with Gasteiger partial charge in [0.05, 0.1) is 15.6 Å². The van der Waals surface area contributed by atoms with Crippen molar-refractivity contribution in [2.75, 3.05) is 0 Å². The normalized spacial score (nSPS) is 10.7. The molecule has 0 saturated carbocycles. The molecule has 0 aliphatic carbocycles. The van der Waals surface area contributed by atoms with Crippen LogP contribution in [-0.2, 0) is 4.79 Å². The van der Waals surface area contributed by atoms with Crippen LogP contribution in [0.1, 0.15) is 25.3 Å². The molecule has 0 aliphatic heterocycles. The summed E-state index contributed by atoms with van der Waals surface area (Å²) < 4.78 is 0. The van der Waals surface area contributed by atoms with Crippen molar-refractivity contribution >= 4 is 40.6 Å². The van der Waals surface area contributed by atoms with Gasteiger partial charge in [-0.05, 0) is 32.1 Å². The lowest BCUT2D eigenvalue weighted by Gasteiger charge is -2.02. The van der Waals surface area contributed by atoms with E-state index in [-0.39, 0.29) is 5.91 Å². The number of hydrogen-bond donors (Lipinski definition) is 2. The van der Waals surface area contributed by atoms with Gasteiger partial charge in [0.25, 0.3) is 11.8 Å². The minimum absolute atomic E-state index is 0.325. The number of carbonyl (C=O) groups excluding carboxylic acids is 2. The highest BCUT2D eigenvalue weighted by Crippen LogP contribution is 2.14. The zero-order chi connectivity index (χ0) is 14.5. The second-order valence-electron chi connectivity index (χ2n) is 3.98. The Balaban J connectivity index is 1.83. The summed E-state index contributed by atoms with van der Waals surface area (Å²) in [4.78, 5) is 29.0. The topological polar surface area (TPSA) is 71.1 Å². The van der Waals surface area contributed by atoms with Crippen molar-refractivity contribution in [1.82, 2.24) is 15.8 Å². The fourth-order valence-electron chi connectivity index (χ4n) is 1.40. The Bertz CT molecular complexity index is 658. The van der Waals surface area contributed by atoms with Crippen molar-refractivity contribution in [3.05, 3.63) is 44.0 Å². The summed E-state index contributed by atoms with van der Waals surface area (Å²) in [6, 6.07) is 3.57. The first-order valence-corrected chi connectivity index (χ1v) is 7.51. The Morgan fingerprint density at radius 3 is 2.65 bits per heavy atom. The number of rotatable bonds is 3. The van der Waals surface area contributed by atoms with Crippen molar-refractivity contribution in [2.24, 2.45) is 0 Å². The molecule has 2 aromatic heterocycles. The molecule has 0 fully saturated rings. The van der Waals surface area contributed by atoms with Gasteiger partial charge in [0, 0.05) is 16.3 Å². The zero-order valence-corrected chi connectivity index (χ0v) is 12.6. The number of thiazole rings is 1. The van der Waals surface area contributed by atoms with E-state index in [9.17, 15) is 9.59 Å².